The molecule has 4 saturated carbocycles. The molecule has 1 nitrogen and oxygen atoms in total. The molecule has 0 bridgehead atoms. The van der Waals surface area contributed by atoms with Gasteiger partial charge in [0.1, 0.15) is 0 Å². The van der Waals surface area contributed by atoms with Gasteiger partial charge < -0.3 is 5.11 Å². The molecule has 0 aromatic carbocycles. The lowest BCUT2D eigenvalue weighted by Gasteiger charge is -2.62. The van der Waals surface area contributed by atoms with Crippen LogP contribution < -0.4 is 0 Å². The fourth-order valence-electron chi connectivity index (χ4n) is 9.29. The Balaban J connectivity index is 1.48. The third-order valence-electron chi connectivity index (χ3n) is 10.9. The van der Waals surface area contributed by atoms with Crippen LogP contribution in [0.5, 0.6) is 0 Å². The zero-order valence-electron chi connectivity index (χ0n) is 19.8. The maximum absolute atomic E-state index is 10.5. The second-order valence-electron chi connectivity index (χ2n) is 12.6. The minimum Gasteiger partial charge on any atom is -0.392 e. The number of aliphatic hydroxyl groups excluding tert-OH is 1. The van der Waals surface area contributed by atoms with Gasteiger partial charge in [0.15, 0.2) is 0 Å². The molecular formula is C27H47BrO. The van der Waals surface area contributed by atoms with E-state index in [-0.39, 0.29) is 6.10 Å². The van der Waals surface area contributed by atoms with E-state index in [2.05, 4.69) is 50.5 Å². The Bertz CT molecular complexity index is 575. The zero-order valence-corrected chi connectivity index (χ0v) is 21.4. The fraction of sp³-hybridized carbons (Fsp3) is 1.00. The van der Waals surface area contributed by atoms with Crippen LogP contribution in [0.2, 0.25) is 0 Å². The second kappa shape index (κ2) is 8.42. The molecule has 4 rings (SSSR count). The molecular weight excluding hydrogens is 420 g/mol. The van der Waals surface area contributed by atoms with E-state index in [1.807, 2.05) is 0 Å². The van der Waals surface area contributed by atoms with Crippen LogP contribution in [0.1, 0.15) is 105 Å². The summed E-state index contributed by atoms with van der Waals surface area (Å²) in [6.07, 6.45) is 15.1. The van der Waals surface area contributed by atoms with Crippen molar-refractivity contribution >= 4 is 15.9 Å². The Morgan fingerprint density at radius 2 is 1.48 bits per heavy atom. The van der Waals surface area contributed by atoms with Gasteiger partial charge in [-0.15, -0.1) is 0 Å². The highest BCUT2D eigenvalue weighted by Crippen LogP contribution is 2.68. The van der Waals surface area contributed by atoms with Gasteiger partial charge in [-0.3, -0.25) is 0 Å². The topological polar surface area (TPSA) is 20.2 Å². The molecule has 0 saturated heterocycles. The Hall–Kier alpha value is 0.440. The lowest BCUT2D eigenvalue weighted by molar-refractivity contribution is -0.125. The van der Waals surface area contributed by atoms with Crippen molar-refractivity contribution < 1.29 is 5.11 Å². The molecule has 4 fully saturated rings. The molecule has 0 radical (unpaired) electrons. The van der Waals surface area contributed by atoms with Crippen molar-refractivity contribution in [2.45, 2.75) is 116 Å². The van der Waals surface area contributed by atoms with Crippen molar-refractivity contribution in [3.63, 3.8) is 0 Å². The summed E-state index contributed by atoms with van der Waals surface area (Å²) in [5.41, 5.74) is 1.06. The van der Waals surface area contributed by atoms with Crippen molar-refractivity contribution in [2.24, 2.45) is 52.3 Å². The van der Waals surface area contributed by atoms with Crippen LogP contribution in [-0.2, 0) is 0 Å². The maximum atomic E-state index is 10.5. The lowest BCUT2D eigenvalue weighted by Crippen LogP contribution is -2.57. The Morgan fingerprint density at radius 1 is 0.828 bits per heavy atom. The van der Waals surface area contributed by atoms with Gasteiger partial charge in [0.25, 0.3) is 0 Å². The molecule has 2 heteroatoms. The minimum absolute atomic E-state index is 0.124. The van der Waals surface area contributed by atoms with Crippen molar-refractivity contribution in [1.82, 2.24) is 0 Å². The van der Waals surface area contributed by atoms with E-state index >= 15 is 0 Å². The van der Waals surface area contributed by atoms with E-state index in [4.69, 9.17) is 0 Å². The normalized spacial score (nSPS) is 50.7. The first-order valence-corrected chi connectivity index (χ1v) is 13.9. The van der Waals surface area contributed by atoms with Gasteiger partial charge in [-0.05, 0) is 104 Å². The molecule has 0 amide bonds. The molecule has 4 aliphatic rings. The Kier molecular flexibility index (Phi) is 6.57. The Labute approximate surface area is 189 Å². The van der Waals surface area contributed by atoms with Gasteiger partial charge >= 0.3 is 0 Å². The summed E-state index contributed by atoms with van der Waals surface area (Å²) in [5.74, 6) is 6.24. The van der Waals surface area contributed by atoms with E-state index in [1.165, 1.54) is 64.2 Å². The molecule has 0 aliphatic heterocycles. The van der Waals surface area contributed by atoms with E-state index in [0.29, 0.717) is 21.6 Å². The summed E-state index contributed by atoms with van der Waals surface area (Å²) >= 11 is 3.93. The highest BCUT2D eigenvalue weighted by atomic mass is 79.9. The van der Waals surface area contributed by atoms with Crippen LogP contribution in [0, 0.1) is 52.3 Å². The number of hydrogen-bond acceptors (Lipinski definition) is 1. The predicted molar refractivity (Wildman–Crippen MR) is 127 cm³/mol. The third kappa shape index (κ3) is 3.79. The molecule has 0 aromatic rings. The summed E-state index contributed by atoms with van der Waals surface area (Å²) in [7, 11) is 0. The summed E-state index contributed by atoms with van der Waals surface area (Å²) < 4.78 is 0. The van der Waals surface area contributed by atoms with Crippen LogP contribution in [0.4, 0.5) is 0 Å². The van der Waals surface area contributed by atoms with E-state index in [9.17, 15) is 5.11 Å². The standard InChI is InChI=1S/C27H47BrO/c1-17(2)7-6-8-18(3)20-11-12-21-19-9-10-23-25(28)24(29)14-16-27(23,5)22(19)13-15-26(20,21)4/h17-25,29H,6-16H2,1-5H3/t18-,19+,20-,21+,22+,23+,24-,25+,26-,27-/m1/s1. The molecule has 0 spiro atoms. The number of halogens is 1. The van der Waals surface area contributed by atoms with Crippen LogP contribution in [0.25, 0.3) is 0 Å². The van der Waals surface area contributed by atoms with Crippen LogP contribution >= 0.6 is 15.9 Å². The maximum Gasteiger partial charge on any atom is 0.0668 e. The van der Waals surface area contributed by atoms with Crippen molar-refractivity contribution in [1.29, 1.82) is 0 Å². The SMILES string of the molecule is CC(C)CCC[C@@H](C)[C@H]1CC[C@H]2[C@@H]3CC[C@H]4[C@H](Br)[C@H](O)CC[C@]4(C)[C@H]3CC[C@]12C. The largest absolute Gasteiger partial charge is 0.392 e. The molecule has 0 unspecified atom stereocenters. The summed E-state index contributed by atoms with van der Waals surface area (Å²) in [6, 6.07) is 0. The van der Waals surface area contributed by atoms with Crippen molar-refractivity contribution in [3.8, 4) is 0 Å². The molecule has 29 heavy (non-hydrogen) atoms. The highest BCUT2D eigenvalue weighted by Gasteiger charge is 2.61. The van der Waals surface area contributed by atoms with Gasteiger partial charge in [0, 0.05) is 4.83 Å². The van der Waals surface area contributed by atoms with Gasteiger partial charge in [-0.1, -0.05) is 69.8 Å². The molecule has 1 N–H and O–H groups in total. The van der Waals surface area contributed by atoms with Gasteiger partial charge in [-0.25, -0.2) is 0 Å². The molecule has 10 atom stereocenters. The van der Waals surface area contributed by atoms with E-state index < -0.39 is 0 Å². The first kappa shape index (κ1) is 22.6. The zero-order chi connectivity index (χ0) is 21.0. The first-order valence-electron chi connectivity index (χ1n) is 13.0. The van der Waals surface area contributed by atoms with Gasteiger partial charge in [0.2, 0.25) is 0 Å². The minimum atomic E-state index is -0.124. The van der Waals surface area contributed by atoms with Crippen LogP contribution in [0.3, 0.4) is 0 Å². The highest BCUT2D eigenvalue weighted by molar-refractivity contribution is 9.09. The van der Waals surface area contributed by atoms with Gasteiger partial charge in [-0.2, -0.15) is 0 Å². The monoisotopic (exact) mass is 466 g/mol. The lowest BCUT2D eigenvalue weighted by atomic mass is 9.44. The summed E-state index contributed by atoms with van der Waals surface area (Å²) in [5, 5.41) is 10.5. The number of hydrogen-bond donors (Lipinski definition) is 1. The molecule has 4 aliphatic carbocycles. The second-order valence-corrected chi connectivity index (χ2v) is 13.7. The quantitative estimate of drug-likeness (QED) is 0.408. The molecule has 0 aromatic heterocycles. The first-order chi connectivity index (χ1) is 13.7. The number of alkyl halides is 1. The van der Waals surface area contributed by atoms with Crippen molar-refractivity contribution in [3.05, 3.63) is 0 Å². The van der Waals surface area contributed by atoms with E-state index in [1.54, 1.807) is 0 Å². The third-order valence-corrected chi connectivity index (χ3v) is 12.1. The van der Waals surface area contributed by atoms with Crippen molar-refractivity contribution in [2.75, 3.05) is 0 Å². The summed E-state index contributed by atoms with van der Waals surface area (Å²) in [6.45, 7) is 12.6. The molecule has 0 heterocycles. The van der Waals surface area contributed by atoms with Crippen LogP contribution in [-0.4, -0.2) is 16.0 Å². The number of rotatable bonds is 5. The average Bonchev–Trinajstić information content (AvgIpc) is 3.02. The van der Waals surface area contributed by atoms with Crippen LogP contribution in [0.15, 0.2) is 0 Å². The predicted octanol–water partition coefficient (Wildman–Crippen LogP) is 7.84. The Morgan fingerprint density at radius 3 is 2.21 bits per heavy atom. The average molecular weight is 468 g/mol. The molecule has 168 valence electrons. The van der Waals surface area contributed by atoms with E-state index in [0.717, 1.165) is 41.9 Å². The number of fused-ring (bicyclic) bond motifs is 5. The van der Waals surface area contributed by atoms with Gasteiger partial charge in [0.05, 0.1) is 6.10 Å². The smallest absolute Gasteiger partial charge is 0.0668 e. The summed E-state index contributed by atoms with van der Waals surface area (Å²) in [4.78, 5) is 0.327. The fourth-order valence-corrected chi connectivity index (χ4v) is 10.4. The number of aliphatic hydroxyl groups is 1.